The first-order chi connectivity index (χ1) is 13.6. The first-order valence-electron chi connectivity index (χ1n) is 9.09. The van der Waals surface area contributed by atoms with Crippen LogP contribution in [-0.4, -0.2) is 37.4 Å². The predicted molar refractivity (Wildman–Crippen MR) is 104 cm³/mol. The smallest absolute Gasteiger partial charge is 0.227 e. The summed E-state index contributed by atoms with van der Waals surface area (Å²) in [4.78, 5) is 10.7. The van der Waals surface area contributed by atoms with Gasteiger partial charge in [0, 0.05) is 36.8 Å². The van der Waals surface area contributed by atoms with Gasteiger partial charge in [-0.2, -0.15) is 15.2 Å². The summed E-state index contributed by atoms with van der Waals surface area (Å²) in [6, 6.07) is 4.93. The van der Waals surface area contributed by atoms with E-state index in [1.54, 1.807) is 12.4 Å². The molecule has 1 aliphatic carbocycles. The molecule has 5 rings (SSSR count). The summed E-state index contributed by atoms with van der Waals surface area (Å²) in [5.41, 5.74) is 10.2. The minimum absolute atomic E-state index is 0.319. The van der Waals surface area contributed by atoms with Crippen LogP contribution in [0.5, 0.6) is 0 Å². The number of nitrogens with two attached hydrogens (primary N) is 1. The molecule has 3 aromatic heterocycles. The lowest BCUT2D eigenvalue weighted by Gasteiger charge is -2.18. The first-order valence-corrected chi connectivity index (χ1v) is 9.09. The monoisotopic (exact) mass is 378 g/mol. The number of fused-ring (bicyclic) bond motifs is 1. The number of halogens is 1. The zero-order chi connectivity index (χ0) is 19.3. The Hall–Kier alpha value is -3.49. The molecule has 0 unspecified atom stereocenters. The molecule has 9 heteroatoms. The van der Waals surface area contributed by atoms with Crippen LogP contribution in [-0.2, 0) is 6.54 Å². The minimum atomic E-state index is -0.319. The number of H-pyrrole nitrogens is 2. The van der Waals surface area contributed by atoms with E-state index in [-0.39, 0.29) is 5.82 Å². The van der Waals surface area contributed by atoms with Crippen LogP contribution in [0.1, 0.15) is 30.0 Å². The second kappa shape index (κ2) is 6.29. The van der Waals surface area contributed by atoms with Crippen molar-refractivity contribution in [2.45, 2.75) is 25.3 Å². The Labute approximate surface area is 160 Å². The van der Waals surface area contributed by atoms with E-state index >= 15 is 0 Å². The highest BCUT2D eigenvalue weighted by atomic mass is 19.1. The van der Waals surface area contributed by atoms with Gasteiger partial charge in [0.05, 0.1) is 23.0 Å². The van der Waals surface area contributed by atoms with Crippen molar-refractivity contribution in [3.05, 3.63) is 47.7 Å². The molecule has 1 aromatic carbocycles. The summed E-state index contributed by atoms with van der Waals surface area (Å²) in [5.74, 6) is 1.08. The van der Waals surface area contributed by atoms with E-state index in [4.69, 9.17) is 5.73 Å². The average molecular weight is 378 g/mol. The number of rotatable bonds is 5. The second-order valence-electron chi connectivity index (χ2n) is 7.20. The Kier molecular flexibility index (Phi) is 3.75. The number of benzene rings is 1. The molecule has 1 saturated carbocycles. The lowest BCUT2D eigenvalue weighted by atomic mass is 10.1. The summed E-state index contributed by atoms with van der Waals surface area (Å²) in [6.07, 6.45) is 5.76. The van der Waals surface area contributed by atoms with Gasteiger partial charge in [0.25, 0.3) is 0 Å². The quantitative estimate of drug-likeness (QED) is 0.492. The third kappa shape index (κ3) is 2.94. The zero-order valence-electron chi connectivity index (χ0n) is 15.3. The second-order valence-corrected chi connectivity index (χ2v) is 7.20. The van der Waals surface area contributed by atoms with Crippen molar-refractivity contribution in [2.75, 3.05) is 17.7 Å². The molecule has 1 aliphatic rings. The number of aromatic amines is 2. The maximum absolute atomic E-state index is 13.9. The Bertz CT molecular complexity index is 1160. The van der Waals surface area contributed by atoms with Gasteiger partial charge in [0.15, 0.2) is 0 Å². The standard InChI is InChI=1S/C19H19FN8/c1-28(9-11-4-12(20)5-16-13(11)8-23-25-16)19-22-7-14(18(21)24-19)17-6-15(26-27-17)10-2-3-10/h4-8,10H,2-3,9H2,1H3,(H,23,25)(H,26,27)(H2,21,22,24). The van der Waals surface area contributed by atoms with E-state index in [9.17, 15) is 4.39 Å². The molecule has 28 heavy (non-hydrogen) atoms. The maximum Gasteiger partial charge on any atom is 0.227 e. The Morgan fingerprint density at radius 1 is 1.21 bits per heavy atom. The molecule has 0 radical (unpaired) electrons. The van der Waals surface area contributed by atoms with Crippen LogP contribution < -0.4 is 10.6 Å². The maximum atomic E-state index is 13.9. The van der Waals surface area contributed by atoms with Crippen LogP contribution in [0.25, 0.3) is 22.2 Å². The summed E-state index contributed by atoms with van der Waals surface area (Å²) in [5, 5.41) is 15.1. The molecule has 142 valence electrons. The Morgan fingerprint density at radius 3 is 2.86 bits per heavy atom. The first kappa shape index (κ1) is 16.7. The SMILES string of the molecule is CN(Cc1cc(F)cc2[nH]ncc12)c1ncc(-c2cc(C3CC3)[nH]n2)c(N)n1. The van der Waals surface area contributed by atoms with Gasteiger partial charge in [0.2, 0.25) is 5.95 Å². The van der Waals surface area contributed by atoms with Gasteiger partial charge in [-0.1, -0.05) is 0 Å². The molecule has 3 heterocycles. The lowest BCUT2D eigenvalue weighted by molar-refractivity contribution is 0.627. The molecule has 0 aliphatic heterocycles. The third-order valence-corrected chi connectivity index (χ3v) is 5.05. The highest BCUT2D eigenvalue weighted by molar-refractivity contribution is 5.82. The lowest BCUT2D eigenvalue weighted by Crippen LogP contribution is -2.20. The largest absolute Gasteiger partial charge is 0.383 e. The number of anilines is 2. The molecular weight excluding hydrogens is 359 g/mol. The van der Waals surface area contributed by atoms with Crippen molar-refractivity contribution in [3.8, 4) is 11.3 Å². The van der Waals surface area contributed by atoms with Crippen molar-refractivity contribution in [1.82, 2.24) is 30.4 Å². The van der Waals surface area contributed by atoms with E-state index in [1.165, 1.54) is 25.0 Å². The predicted octanol–water partition coefficient (Wildman–Crippen LogP) is 2.98. The summed E-state index contributed by atoms with van der Waals surface area (Å²) < 4.78 is 13.9. The van der Waals surface area contributed by atoms with E-state index in [0.29, 0.717) is 35.3 Å². The van der Waals surface area contributed by atoms with Gasteiger partial charge in [-0.3, -0.25) is 10.2 Å². The molecule has 0 bridgehead atoms. The minimum Gasteiger partial charge on any atom is -0.383 e. The van der Waals surface area contributed by atoms with Gasteiger partial charge in [-0.25, -0.2) is 9.37 Å². The number of nitrogens with one attached hydrogen (secondary N) is 2. The van der Waals surface area contributed by atoms with E-state index in [1.807, 2.05) is 18.0 Å². The molecule has 4 aromatic rings. The number of hydrogen-bond donors (Lipinski definition) is 3. The summed E-state index contributed by atoms with van der Waals surface area (Å²) >= 11 is 0. The third-order valence-electron chi connectivity index (χ3n) is 5.05. The Morgan fingerprint density at radius 2 is 2.07 bits per heavy atom. The normalized spacial score (nSPS) is 13.9. The van der Waals surface area contributed by atoms with Gasteiger partial charge >= 0.3 is 0 Å². The molecule has 0 spiro atoms. The Balaban J connectivity index is 1.41. The molecule has 0 saturated heterocycles. The van der Waals surface area contributed by atoms with Gasteiger partial charge in [-0.15, -0.1) is 0 Å². The molecule has 8 nitrogen and oxygen atoms in total. The summed E-state index contributed by atoms with van der Waals surface area (Å²) in [7, 11) is 1.84. The molecule has 4 N–H and O–H groups in total. The van der Waals surface area contributed by atoms with Gasteiger partial charge in [-0.05, 0) is 36.6 Å². The van der Waals surface area contributed by atoms with E-state index < -0.39 is 0 Å². The molecule has 1 fully saturated rings. The number of aromatic nitrogens is 6. The molecule has 0 amide bonds. The topological polar surface area (TPSA) is 112 Å². The van der Waals surface area contributed by atoms with Crippen LogP contribution >= 0.6 is 0 Å². The number of nitrogen functional groups attached to an aromatic ring is 1. The van der Waals surface area contributed by atoms with Gasteiger partial charge in [0.1, 0.15) is 11.6 Å². The van der Waals surface area contributed by atoms with Crippen LogP contribution in [0.4, 0.5) is 16.2 Å². The molecular formula is C19H19FN8. The number of nitrogens with zero attached hydrogens (tertiary/aromatic N) is 5. The highest BCUT2D eigenvalue weighted by Gasteiger charge is 2.26. The van der Waals surface area contributed by atoms with Crippen molar-refractivity contribution in [3.63, 3.8) is 0 Å². The zero-order valence-corrected chi connectivity index (χ0v) is 15.3. The fraction of sp³-hybridized carbons (Fsp3) is 0.263. The molecule has 0 atom stereocenters. The van der Waals surface area contributed by atoms with Crippen LogP contribution in [0.15, 0.2) is 30.6 Å². The fourth-order valence-electron chi connectivity index (χ4n) is 3.39. The van der Waals surface area contributed by atoms with Crippen molar-refractivity contribution in [2.24, 2.45) is 0 Å². The van der Waals surface area contributed by atoms with Crippen molar-refractivity contribution >= 4 is 22.7 Å². The average Bonchev–Trinajstić information content (AvgIpc) is 3.21. The van der Waals surface area contributed by atoms with Gasteiger partial charge < -0.3 is 10.6 Å². The van der Waals surface area contributed by atoms with Crippen LogP contribution in [0.2, 0.25) is 0 Å². The van der Waals surface area contributed by atoms with Crippen molar-refractivity contribution < 1.29 is 4.39 Å². The van der Waals surface area contributed by atoms with Crippen molar-refractivity contribution in [1.29, 1.82) is 0 Å². The van der Waals surface area contributed by atoms with Crippen LogP contribution in [0, 0.1) is 5.82 Å². The van der Waals surface area contributed by atoms with Crippen LogP contribution in [0.3, 0.4) is 0 Å². The highest BCUT2D eigenvalue weighted by Crippen LogP contribution is 2.40. The fourth-order valence-corrected chi connectivity index (χ4v) is 3.39. The van der Waals surface area contributed by atoms with E-state index in [0.717, 1.165) is 22.3 Å². The number of hydrogen-bond acceptors (Lipinski definition) is 6. The van der Waals surface area contributed by atoms with E-state index in [2.05, 4.69) is 30.4 Å². The summed E-state index contributed by atoms with van der Waals surface area (Å²) in [6.45, 7) is 0.417.